The van der Waals surface area contributed by atoms with Crippen molar-refractivity contribution in [1.29, 1.82) is 0 Å². The summed E-state index contributed by atoms with van der Waals surface area (Å²) in [6.45, 7) is 0. The minimum absolute atomic E-state index is 0.809. The molecule has 0 saturated heterocycles. The van der Waals surface area contributed by atoms with Crippen LogP contribution in [0.4, 0.5) is 0 Å². The molecule has 3 aromatic rings. The van der Waals surface area contributed by atoms with E-state index in [1.165, 1.54) is 0 Å². The molecule has 0 aliphatic carbocycles. The van der Waals surface area contributed by atoms with Gasteiger partial charge in [-0.1, -0.05) is 47.1 Å². The smallest absolute Gasteiger partial charge is 0.209 e. The van der Waals surface area contributed by atoms with Crippen LogP contribution in [0.5, 0.6) is 0 Å². The Balaban J connectivity index is 2.10. The minimum atomic E-state index is -0.975. The number of rotatable bonds is 5. The number of aromatic nitrogens is 2. The summed E-state index contributed by atoms with van der Waals surface area (Å²) in [5.74, 6) is 0. The topological polar surface area (TPSA) is 62.7 Å². The molecule has 3 heterocycles. The molecule has 1 aromatic carbocycles. The van der Waals surface area contributed by atoms with Crippen LogP contribution in [0.3, 0.4) is 0 Å². The molecule has 0 radical (unpaired) electrons. The number of ether oxygens (including phenoxy) is 1. The Morgan fingerprint density at radius 3 is 2.04 bits per heavy atom. The third-order valence-corrected chi connectivity index (χ3v) is 4.47. The van der Waals surface area contributed by atoms with Crippen molar-refractivity contribution in [3.63, 3.8) is 0 Å². The van der Waals surface area contributed by atoms with Crippen LogP contribution in [0, 0.1) is 0 Å². The predicted octanol–water partition coefficient (Wildman–Crippen LogP) is 3.72. The molecule has 6 nitrogen and oxygen atoms in total. The lowest BCUT2D eigenvalue weighted by atomic mass is 9.80. The highest BCUT2D eigenvalue weighted by Gasteiger charge is 2.45. The maximum Gasteiger partial charge on any atom is 0.209 e. The highest BCUT2D eigenvalue weighted by Crippen LogP contribution is 2.37. The Morgan fingerprint density at radius 2 is 1.56 bits per heavy atom. The molecular formula is C21H18N5O+. The second kappa shape index (κ2) is 7.39. The van der Waals surface area contributed by atoms with Gasteiger partial charge in [0.05, 0.1) is 5.11 Å². The van der Waals surface area contributed by atoms with Crippen LogP contribution in [-0.4, -0.2) is 27.5 Å². The molecule has 0 spiro atoms. The summed E-state index contributed by atoms with van der Waals surface area (Å²) in [6.07, 6.45) is 10.5. The summed E-state index contributed by atoms with van der Waals surface area (Å²) < 4.78 is 7.98. The molecule has 0 fully saturated rings. The van der Waals surface area contributed by atoms with E-state index in [4.69, 9.17) is 4.74 Å². The van der Waals surface area contributed by atoms with Crippen LogP contribution in [0.15, 0.2) is 102 Å². The number of hydrogen-bond acceptors (Lipinski definition) is 5. The number of pyridine rings is 2. The summed E-state index contributed by atoms with van der Waals surface area (Å²) >= 11 is 0. The third-order valence-electron chi connectivity index (χ3n) is 4.47. The highest BCUT2D eigenvalue weighted by molar-refractivity contribution is 6.06. The molecule has 0 atom stereocenters. The van der Waals surface area contributed by atoms with Gasteiger partial charge in [-0.25, -0.2) is 0 Å². The number of hydrogen-bond donors (Lipinski definition) is 0. The summed E-state index contributed by atoms with van der Waals surface area (Å²) in [5.41, 5.74) is 2.53. The summed E-state index contributed by atoms with van der Waals surface area (Å²) in [6, 6.07) is 17.8. The van der Waals surface area contributed by atoms with Gasteiger partial charge in [-0.3, -0.25) is 9.97 Å². The molecule has 1 aliphatic heterocycles. The van der Waals surface area contributed by atoms with Gasteiger partial charge in [-0.15, -0.1) is 0 Å². The first-order valence-electron chi connectivity index (χ1n) is 8.52. The van der Waals surface area contributed by atoms with E-state index in [0.717, 1.165) is 22.4 Å². The molecule has 6 heteroatoms. The summed E-state index contributed by atoms with van der Waals surface area (Å²) in [5, 5.41) is 8.28. The standard InChI is InChI=1S/C21H18N5O/c1-27-21(18-9-5-11-22-15-18,19-10-6-12-23-16-19)20(26-14-13-24-25-26)17-7-3-2-4-8-17/h2-16H,1H3/q+1. The molecule has 27 heavy (non-hydrogen) atoms. The van der Waals surface area contributed by atoms with Gasteiger partial charge in [-0.2, -0.15) is 0 Å². The fourth-order valence-corrected chi connectivity index (χ4v) is 3.33. The van der Waals surface area contributed by atoms with Gasteiger partial charge in [-0.05, 0) is 12.1 Å². The van der Waals surface area contributed by atoms with Crippen molar-refractivity contribution in [2.24, 2.45) is 10.3 Å². The Morgan fingerprint density at radius 1 is 0.889 bits per heavy atom. The van der Waals surface area contributed by atoms with Crippen molar-refractivity contribution in [3.05, 3.63) is 108 Å². The first-order chi connectivity index (χ1) is 13.4. The highest BCUT2D eigenvalue weighted by atomic mass is 16.5. The minimum Gasteiger partial charge on any atom is -0.360 e. The quantitative estimate of drug-likeness (QED) is 0.655. The predicted molar refractivity (Wildman–Crippen MR) is 101 cm³/mol. The number of benzene rings is 1. The lowest BCUT2D eigenvalue weighted by Gasteiger charge is -2.33. The van der Waals surface area contributed by atoms with Gasteiger partial charge in [0.25, 0.3) is 0 Å². The van der Waals surface area contributed by atoms with Crippen molar-refractivity contribution in [2.45, 2.75) is 5.60 Å². The lowest BCUT2D eigenvalue weighted by Crippen LogP contribution is -2.43. The van der Waals surface area contributed by atoms with E-state index >= 15 is 0 Å². The molecule has 2 aromatic heterocycles. The van der Waals surface area contributed by atoms with E-state index in [9.17, 15) is 0 Å². The van der Waals surface area contributed by atoms with Gasteiger partial charge >= 0.3 is 0 Å². The fraction of sp³-hybridized carbons (Fsp3) is 0.0952. The largest absolute Gasteiger partial charge is 0.360 e. The molecule has 0 saturated carbocycles. The van der Waals surface area contributed by atoms with Crippen LogP contribution in [0.1, 0.15) is 16.7 Å². The monoisotopic (exact) mass is 356 g/mol. The van der Waals surface area contributed by atoms with Crippen molar-refractivity contribution >= 4 is 5.71 Å². The SMILES string of the molecule is COC(C(c1ccccc1)=[N+]1C=CN=N1)(c1cccnc1)c1cccnc1. The molecule has 1 aliphatic rings. The van der Waals surface area contributed by atoms with E-state index in [1.807, 2.05) is 60.8 Å². The van der Waals surface area contributed by atoms with Crippen molar-refractivity contribution in [1.82, 2.24) is 9.97 Å². The van der Waals surface area contributed by atoms with Crippen LogP contribution in [-0.2, 0) is 10.3 Å². The van der Waals surface area contributed by atoms with Crippen molar-refractivity contribution in [2.75, 3.05) is 7.11 Å². The zero-order valence-electron chi connectivity index (χ0n) is 14.8. The van der Waals surface area contributed by atoms with E-state index in [0.29, 0.717) is 0 Å². The van der Waals surface area contributed by atoms with Gasteiger partial charge in [0, 0.05) is 48.6 Å². The van der Waals surface area contributed by atoms with Crippen LogP contribution < -0.4 is 0 Å². The molecule has 0 amide bonds. The van der Waals surface area contributed by atoms with Gasteiger partial charge in [0.1, 0.15) is 5.22 Å². The lowest BCUT2D eigenvalue weighted by molar-refractivity contribution is -0.468. The van der Waals surface area contributed by atoms with Crippen molar-refractivity contribution in [3.8, 4) is 0 Å². The first-order valence-corrected chi connectivity index (χ1v) is 8.52. The van der Waals surface area contributed by atoms with Crippen LogP contribution >= 0.6 is 0 Å². The van der Waals surface area contributed by atoms with Gasteiger partial charge < -0.3 is 4.74 Å². The first kappa shape index (κ1) is 16.9. The molecule has 0 bridgehead atoms. The Kier molecular flexibility index (Phi) is 4.63. The Hall–Kier alpha value is -3.51. The Labute approximate surface area is 157 Å². The van der Waals surface area contributed by atoms with Gasteiger partial charge in [0.2, 0.25) is 6.20 Å². The average molecular weight is 356 g/mol. The van der Waals surface area contributed by atoms with Gasteiger partial charge in [0.15, 0.2) is 17.5 Å². The molecule has 0 N–H and O–H groups in total. The second-order valence-electron chi connectivity index (χ2n) is 5.93. The molecule has 0 unspecified atom stereocenters. The molecular weight excluding hydrogens is 338 g/mol. The second-order valence-corrected chi connectivity index (χ2v) is 5.93. The zero-order valence-corrected chi connectivity index (χ0v) is 14.8. The number of methoxy groups -OCH3 is 1. The van der Waals surface area contributed by atoms with Crippen LogP contribution in [0.2, 0.25) is 0 Å². The normalized spacial score (nSPS) is 15.1. The van der Waals surface area contributed by atoms with E-state index < -0.39 is 5.60 Å². The van der Waals surface area contributed by atoms with E-state index in [2.05, 4.69) is 20.3 Å². The third kappa shape index (κ3) is 2.96. The summed E-state index contributed by atoms with van der Waals surface area (Å²) in [4.78, 5) is 8.64. The molecule has 4 rings (SSSR count). The maximum atomic E-state index is 6.24. The Bertz CT molecular complexity index is 945. The van der Waals surface area contributed by atoms with Crippen LogP contribution in [0.25, 0.3) is 0 Å². The fourth-order valence-electron chi connectivity index (χ4n) is 3.33. The zero-order chi connectivity index (χ0) is 18.5. The maximum absolute atomic E-state index is 6.24. The summed E-state index contributed by atoms with van der Waals surface area (Å²) in [7, 11) is 1.68. The van der Waals surface area contributed by atoms with E-state index in [-0.39, 0.29) is 0 Å². The average Bonchev–Trinajstić information content (AvgIpc) is 3.28. The molecule has 132 valence electrons. The van der Waals surface area contributed by atoms with Crippen molar-refractivity contribution < 1.29 is 9.42 Å². The number of nitrogens with zero attached hydrogens (tertiary/aromatic N) is 5. The van der Waals surface area contributed by atoms with E-state index in [1.54, 1.807) is 42.8 Å².